The second kappa shape index (κ2) is 5.79. The quantitative estimate of drug-likeness (QED) is 0.806. The highest BCUT2D eigenvalue weighted by atomic mass is 79.9. The van der Waals surface area contributed by atoms with E-state index in [-0.39, 0.29) is 11.6 Å². The fourth-order valence-electron chi connectivity index (χ4n) is 2.17. The van der Waals surface area contributed by atoms with Crippen molar-refractivity contribution in [3.63, 3.8) is 0 Å². The first kappa shape index (κ1) is 13.5. The summed E-state index contributed by atoms with van der Waals surface area (Å²) in [5.41, 5.74) is 1.78. The van der Waals surface area contributed by atoms with Crippen LogP contribution in [-0.2, 0) is 11.2 Å². The minimum absolute atomic E-state index is 0.161. The number of ketones is 1. The van der Waals surface area contributed by atoms with Crippen molar-refractivity contribution in [3.8, 4) is 0 Å². The van der Waals surface area contributed by atoms with Crippen LogP contribution in [-0.4, -0.2) is 5.78 Å². The Morgan fingerprint density at radius 1 is 1.50 bits per heavy atom. The fraction of sp³-hybridized carbons (Fsp3) is 0.400. The van der Waals surface area contributed by atoms with E-state index >= 15 is 0 Å². The van der Waals surface area contributed by atoms with Crippen molar-refractivity contribution < 1.29 is 9.18 Å². The molecule has 0 bridgehead atoms. The van der Waals surface area contributed by atoms with Crippen LogP contribution in [0.4, 0.5) is 4.39 Å². The van der Waals surface area contributed by atoms with Crippen LogP contribution in [0, 0.1) is 11.7 Å². The van der Waals surface area contributed by atoms with Gasteiger partial charge in [0.25, 0.3) is 0 Å². The Labute approximate surface area is 115 Å². The zero-order valence-electron chi connectivity index (χ0n) is 10.4. The number of carbonyl (C=O) groups excluding carboxylic acids is 1. The van der Waals surface area contributed by atoms with Gasteiger partial charge >= 0.3 is 0 Å². The van der Waals surface area contributed by atoms with E-state index in [2.05, 4.69) is 28.9 Å². The minimum atomic E-state index is -0.288. The zero-order chi connectivity index (χ0) is 13.1. The van der Waals surface area contributed by atoms with Gasteiger partial charge in [-0.25, -0.2) is 4.39 Å². The highest BCUT2D eigenvalue weighted by Crippen LogP contribution is 2.26. The van der Waals surface area contributed by atoms with Gasteiger partial charge in [-0.2, -0.15) is 0 Å². The molecule has 0 fully saturated rings. The van der Waals surface area contributed by atoms with Crippen LogP contribution in [0.15, 0.2) is 34.3 Å². The lowest BCUT2D eigenvalue weighted by Gasteiger charge is -2.17. The predicted molar refractivity (Wildman–Crippen MR) is 73.9 cm³/mol. The number of allylic oxidation sites excluding steroid dienone is 2. The molecule has 0 aliphatic heterocycles. The number of carbonyl (C=O) groups is 1. The molecule has 0 N–H and O–H groups in total. The van der Waals surface area contributed by atoms with E-state index in [4.69, 9.17) is 0 Å². The Bertz CT molecular complexity index is 493. The normalized spacial score (nSPS) is 19.5. The van der Waals surface area contributed by atoms with Crippen LogP contribution in [0.1, 0.15) is 31.7 Å². The summed E-state index contributed by atoms with van der Waals surface area (Å²) in [7, 11) is 0. The first-order chi connectivity index (χ1) is 8.56. The average molecular weight is 311 g/mol. The summed E-state index contributed by atoms with van der Waals surface area (Å²) >= 11 is 3.30. The van der Waals surface area contributed by atoms with Crippen molar-refractivity contribution in [2.24, 2.45) is 5.92 Å². The molecule has 1 aliphatic rings. The SMILES string of the molecule is CC1CC=C(C(=O)Cc2ccc(F)cc2Br)CC1. The molecular formula is C15H16BrFO. The molecule has 1 aliphatic carbocycles. The molecule has 0 amide bonds. The lowest BCUT2D eigenvalue weighted by molar-refractivity contribution is -0.115. The number of rotatable bonds is 3. The third-order valence-electron chi connectivity index (χ3n) is 3.40. The molecule has 96 valence electrons. The number of halogens is 2. The molecule has 1 atom stereocenters. The molecule has 0 saturated carbocycles. The third kappa shape index (κ3) is 3.29. The van der Waals surface area contributed by atoms with Gasteiger partial charge in [0.1, 0.15) is 5.82 Å². The predicted octanol–water partition coefficient (Wildman–Crippen LogP) is 4.45. The second-order valence-electron chi connectivity index (χ2n) is 4.94. The van der Waals surface area contributed by atoms with Gasteiger partial charge < -0.3 is 0 Å². The maximum absolute atomic E-state index is 13.0. The highest BCUT2D eigenvalue weighted by molar-refractivity contribution is 9.10. The van der Waals surface area contributed by atoms with Gasteiger partial charge in [-0.15, -0.1) is 0 Å². The lowest BCUT2D eigenvalue weighted by Crippen LogP contribution is -2.12. The summed E-state index contributed by atoms with van der Waals surface area (Å²) in [4.78, 5) is 12.1. The van der Waals surface area contributed by atoms with Crippen LogP contribution in [0.25, 0.3) is 0 Å². The summed E-state index contributed by atoms with van der Waals surface area (Å²) < 4.78 is 13.6. The standard InChI is InChI=1S/C15H16BrFO/c1-10-2-4-11(5-3-10)15(18)8-12-6-7-13(17)9-14(12)16/h4,6-7,9-10H,2-3,5,8H2,1H3. The lowest BCUT2D eigenvalue weighted by atomic mass is 9.88. The minimum Gasteiger partial charge on any atom is -0.294 e. The zero-order valence-corrected chi connectivity index (χ0v) is 12.0. The first-order valence-electron chi connectivity index (χ1n) is 6.22. The Hall–Kier alpha value is -0.960. The van der Waals surface area contributed by atoms with E-state index < -0.39 is 0 Å². The number of benzene rings is 1. The van der Waals surface area contributed by atoms with E-state index in [9.17, 15) is 9.18 Å². The molecule has 1 aromatic carbocycles. The van der Waals surface area contributed by atoms with Crippen molar-refractivity contribution in [1.29, 1.82) is 0 Å². The van der Waals surface area contributed by atoms with Crippen LogP contribution < -0.4 is 0 Å². The molecule has 0 saturated heterocycles. The fourth-order valence-corrected chi connectivity index (χ4v) is 2.66. The van der Waals surface area contributed by atoms with Gasteiger partial charge in [0, 0.05) is 10.9 Å². The van der Waals surface area contributed by atoms with Gasteiger partial charge in [0.15, 0.2) is 5.78 Å². The van der Waals surface area contributed by atoms with Crippen LogP contribution in [0.3, 0.4) is 0 Å². The molecule has 0 aromatic heterocycles. The van der Waals surface area contributed by atoms with Crippen molar-refractivity contribution in [1.82, 2.24) is 0 Å². The maximum Gasteiger partial charge on any atom is 0.162 e. The van der Waals surface area contributed by atoms with Gasteiger partial charge in [0.2, 0.25) is 0 Å². The van der Waals surface area contributed by atoms with Crippen LogP contribution >= 0.6 is 15.9 Å². The van der Waals surface area contributed by atoms with Gasteiger partial charge in [-0.05, 0) is 48.4 Å². The van der Waals surface area contributed by atoms with E-state index in [0.717, 1.165) is 30.4 Å². The van der Waals surface area contributed by atoms with Gasteiger partial charge in [-0.3, -0.25) is 4.79 Å². The van der Waals surface area contributed by atoms with Gasteiger partial charge in [0.05, 0.1) is 0 Å². The maximum atomic E-state index is 13.0. The summed E-state index contributed by atoms with van der Waals surface area (Å²) in [6, 6.07) is 4.47. The van der Waals surface area contributed by atoms with E-state index in [0.29, 0.717) is 16.8 Å². The van der Waals surface area contributed by atoms with E-state index in [1.54, 1.807) is 6.07 Å². The monoisotopic (exact) mass is 310 g/mol. The summed E-state index contributed by atoms with van der Waals surface area (Å²) in [6.45, 7) is 2.20. The van der Waals surface area contributed by atoms with E-state index in [1.807, 2.05) is 0 Å². The smallest absolute Gasteiger partial charge is 0.162 e. The molecule has 18 heavy (non-hydrogen) atoms. The summed E-state index contributed by atoms with van der Waals surface area (Å²) in [6.07, 6.45) is 5.36. The number of hydrogen-bond donors (Lipinski definition) is 0. The average Bonchev–Trinajstić information content (AvgIpc) is 2.33. The number of hydrogen-bond acceptors (Lipinski definition) is 1. The molecule has 3 heteroatoms. The third-order valence-corrected chi connectivity index (χ3v) is 4.14. The molecule has 1 nitrogen and oxygen atoms in total. The molecule has 1 unspecified atom stereocenters. The molecule has 0 radical (unpaired) electrons. The first-order valence-corrected chi connectivity index (χ1v) is 7.01. The van der Waals surface area contributed by atoms with E-state index in [1.165, 1.54) is 12.1 Å². The summed E-state index contributed by atoms with van der Waals surface area (Å²) in [5.74, 6) is 0.553. The Morgan fingerprint density at radius 2 is 2.28 bits per heavy atom. The van der Waals surface area contributed by atoms with Crippen molar-refractivity contribution >= 4 is 21.7 Å². The van der Waals surface area contributed by atoms with Crippen molar-refractivity contribution in [2.75, 3.05) is 0 Å². The Morgan fingerprint density at radius 3 is 2.89 bits per heavy atom. The van der Waals surface area contributed by atoms with Crippen molar-refractivity contribution in [2.45, 2.75) is 32.6 Å². The Kier molecular flexibility index (Phi) is 4.33. The summed E-state index contributed by atoms with van der Waals surface area (Å²) in [5, 5.41) is 0. The second-order valence-corrected chi connectivity index (χ2v) is 5.80. The molecule has 1 aromatic rings. The topological polar surface area (TPSA) is 17.1 Å². The van der Waals surface area contributed by atoms with Crippen molar-refractivity contribution in [3.05, 3.63) is 45.7 Å². The van der Waals surface area contributed by atoms with Gasteiger partial charge in [-0.1, -0.05) is 35.0 Å². The number of Topliss-reactive ketones (excluding diaryl/α,β-unsaturated/α-hetero) is 1. The van der Waals surface area contributed by atoms with Crippen LogP contribution in [0.2, 0.25) is 0 Å². The molecule has 0 spiro atoms. The molecular weight excluding hydrogens is 295 g/mol. The largest absolute Gasteiger partial charge is 0.294 e. The highest BCUT2D eigenvalue weighted by Gasteiger charge is 2.17. The Balaban J connectivity index is 2.07. The van der Waals surface area contributed by atoms with Crippen LogP contribution in [0.5, 0.6) is 0 Å². The molecule has 2 rings (SSSR count). The molecule has 0 heterocycles.